The largest absolute Gasteiger partial charge is 0.394 e. The third-order valence-electron chi connectivity index (χ3n) is 5.23. The summed E-state index contributed by atoms with van der Waals surface area (Å²) in [7, 11) is 0. The van der Waals surface area contributed by atoms with Crippen molar-refractivity contribution in [3.63, 3.8) is 0 Å². The second-order valence-corrected chi connectivity index (χ2v) is 7.11. The molecule has 3 atom stereocenters. The zero-order valence-electron chi connectivity index (χ0n) is 16.3. The Hall–Kier alpha value is -2.93. The van der Waals surface area contributed by atoms with Crippen LogP contribution in [0.15, 0.2) is 54.6 Å². The number of benzene rings is 2. The van der Waals surface area contributed by atoms with Crippen LogP contribution in [0.5, 0.6) is 0 Å². The number of amides is 3. The fraction of sp³-hybridized carbons (Fsp3) is 0.364. The Morgan fingerprint density at radius 1 is 1.07 bits per heavy atom. The average molecular weight is 399 g/mol. The molecule has 7 heteroatoms. The lowest BCUT2D eigenvalue weighted by atomic mass is 9.75. The van der Waals surface area contributed by atoms with Crippen molar-refractivity contribution >= 4 is 11.9 Å². The Bertz CT molecular complexity index is 846. The number of rotatable bonds is 7. The van der Waals surface area contributed by atoms with Crippen LogP contribution >= 0.6 is 0 Å². The van der Waals surface area contributed by atoms with Crippen LogP contribution in [0.2, 0.25) is 0 Å². The van der Waals surface area contributed by atoms with Crippen molar-refractivity contribution in [1.82, 2.24) is 15.5 Å². The summed E-state index contributed by atoms with van der Waals surface area (Å²) in [4.78, 5) is 26.7. The molecule has 2 aromatic carbocycles. The Morgan fingerprint density at radius 3 is 2.48 bits per heavy atom. The second-order valence-electron chi connectivity index (χ2n) is 7.11. The lowest BCUT2D eigenvalue weighted by Crippen LogP contribution is -2.70. The van der Waals surface area contributed by atoms with Gasteiger partial charge in [0.2, 0.25) is 0 Å². The number of halogens is 1. The number of aliphatic hydroxyl groups is 1. The van der Waals surface area contributed by atoms with Crippen molar-refractivity contribution in [1.29, 1.82) is 0 Å². The molecule has 1 heterocycles. The quantitative estimate of drug-likeness (QED) is 0.669. The van der Waals surface area contributed by atoms with Crippen LogP contribution in [0.3, 0.4) is 0 Å². The number of hydrogen-bond acceptors (Lipinski definition) is 3. The van der Waals surface area contributed by atoms with E-state index in [-0.39, 0.29) is 42.7 Å². The first-order valence-electron chi connectivity index (χ1n) is 9.82. The molecule has 0 saturated carbocycles. The maximum atomic E-state index is 13.4. The molecule has 3 N–H and O–H groups in total. The van der Waals surface area contributed by atoms with Crippen molar-refractivity contribution in [2.45, 2.75) is 31.3 Å². The molecule has 2 aromatic rings. The standard InChI is InChI=1S/C22H26FN3O3/c1-2-11-24-22(29)26-18(13-25-21(28)16-9-6-10-17(23)12-16)20(19(26)14-27)15-7-4-3-5-8-15/h3-10,12,18-20,27H,2,11,13-14H2,1H3,(H,24,29)(H,25,28)/t18-,19-,20+/m0/s1. The number of aliphatic hydroxyl groups excluding tert-OH is 1. The summed E-state index contributed by atoms with van der Waals surface area (Å²) in [6.07, 6.45) is 0.798. The molecule has 0 radical (unpaired) electrons. The van der Waals surface area contributed by atoms with E-state index < -0.39 is 11.7 Å². The summed E-state index contributed by atoms with van der Waals surface area (Å²) < 4.78 is 13.4. The summed E-state index contributed by atoms with van der Waals surface area (Å²) in [5, 5.41) is 15.6. The predicted molar refractivity (Wildman–Crippen MR) is 108 cm³/mol. The average Bonchev–Trinajstić information content (AvgIpc) is 2.72. The molecule has 6 nitrogen and oxygen atoms in total. The topological polar surface area (TPSA) is 81.7 Å². The molecule has 0 bridgehead atoms. The molecule has 0 aliphatic carbocycles. The van der Waals surface area contributed by atoms with Gasteiger partial charge in [-0.3, -0.25) is 4.79 Å². The van der Waals surface area contributed by atoms with Gasteiger partial charge in [-0.15, -0.1) is 0 Å². The molecule has 1 aliphatic rings. The van der Waals surface area contributed by atoms with Gasteiger partial charge in [0.15, 0.2) is 0 Å². The SMILES string of the molecule is CCCNC(=O)N1[C@@H](CO)[C@H](c2ccccc2)[C@@H]1CNC(=O)c1cccc(F)c1. The van der Waals surface area contributed by atoms with Crippen LogP contribution in [-0.4, -0.2) is 53.7 Å². The molecule has 0 spiro atoms. The van der Waals surface area contributed by atoms with E-state index in [2.05, 4.69) is 10.6 Å². The van der Waals surface area contributed by atoms with Crippen LogP contribution in [-0.2, 0) is 0 Å². The van der Waals surface area contributed by atoms with Gasteiger partial charge in [0, 0.05) is 24.6 Å². The highest BCUT2D eigenvalue weighted by Crippen LogP contribution is 2.40. The first kappa shape index (κ1) is 20.8. The van der Waals surface area contributed by atoms with E-state index in [0.717, 1.165) is 12.0 Å². The number of carbonyl (C=O) groups excluding carboxylic acids is 2. The van der Waals surface area contributed by atoms with Crippen LogP contribution in [0, 0.1) is 5.82 Å². The molecule has 1 fully saturated rings. The second kappa shape index (κ2) is 9.52. The van der Waals surface area contributed by atoms with Gasteiger partial charge in [0.05, 0.1) is 18.7 Å². The van der Waals surface area contributed by atoms with Gasteiger partial charge in [-0.2, -0.15) is 0 Å². The van der Waals surface area contributed by atoms with Gasteiger partial charge in [-0.1, -0.05) is 43.3 Å². The third-order valence-corrected chi connectivity index (χ3v) is 5.23. The highest BCUT2D eigenvalue weighted by molar-refractivity contribution is 5.94. The Morgan fingerprint density at radius 2 is 1.83 bits per heavy atom. The van der Waals surface area contributed by atoms with Crippen molar-refractivity contribution in [2.75, 3.05) is 19.7 Å². The van der Waals surface area contributed by atoms with Gasteiger partial charge in [0.25, 0.3) is 5.91 Å². The molecular weight excluding hydrogens is 373 g/mol. The van der Waals surface area contributed by atoms with Crippen molar-refractivity contribution in [2.24, 2.45) is 0 Å². The molecule has 154 valence electrons. The maximum absolute atomic E-state index is 13.4. The van der Waals surface area contributed by atoms with Crippen LogP contribution in [0.1, 0.15) is 35.2 Å². The van der Waals surface area contributed by atoms with E-state index in [4.69, 9.17) is 0 Å². The zero-order chi connectivity index (χ0) is 20.8. The van der Waals surface area contributed by atoms with E-state index in [1.807, 2.05) is 37.3 Å². The number of nitrogens with one attached hydrogen (secondary N) is 2. The normalized spacial score (nSPS) is 20.7. The first-order valence-corrected chi connectivity index (χ1v) is 9.82. The van der Waals surface area contributed by atoms with Gasteiger partial charge >= 0.3 is 6.03 Å². The fourth-order valence-corrected chi connectivity index (χ4v) is 3.85. The van der Waals surface area contributed by atoms with E-state index in [9.17, 15) is 19.1 Å². The molecule has 3 rings (SSSR count). The van der Waals surface area contributed by atoms with Crippen LogP contribution in [0.4, 0.5) is 9.18 Å². The summed E-state index contributed by atoms with van der Waals surface area (Å²) >= 11 is 0. The highest BCUT2D eigenvalue weighted by Gasteiger charge is 2.51. The van der Waals surface area contributed by atoms with Crippen LogP contribution < -0.4 is 10.6 Å². The highest BCUT2D eigenvalue weighted by atomic mass is 19.1. The van der Waals surface area contributed by atoms with Gasteiger partial charge in [0.1, 0.15) is 5.82 Å². The third kappa shape index (κ3) is 4.56. The zero-order valence-corrected chi connectivity index (χ0v) is 16.3. The first-order chi connectivity index (χ1) is 14.1. The minimum Gasteiger partial charge on any atom is -0.394 e. The number of likely N-dealkylation sites (tertiary alicyclic amines) is 1. The Labute approximate surface area is 169 Å². The molecule has 3 amide bonds. The van der Waals surface area contributed by atoms with Crippen LogP contribution in [0.25, 0.3) is 0 Å². The lowest BCUT2D eigenvalue weighted by molar-refractivity contribution is -0.00687. The summed E-state index contributed by atoms with van der Waals surface area (Å²) in [5.41, 5.74) is 1.22. The van der Waals surface area contributed by atoms with Gasteiger partial charge in [-0.05, 0) is 30.2 Å². The van der Waals surface area contributed by atoms with Crippen molar-refractivity contribution in [3.05, 3.63) is 71.5 Å². The minimum atomic E-state index is -0.482. The molecule has 0 aromatic heterocycles. The van der Waals surface area contributed by atoms with Crippen molar-refractivity contribution < 1.29 is 19.1 Å². The van der Waals surface area contributed by atoms with Gasteiger partial charge in [-0.25, -0.2) is 9.18 Å². The monoisotopic (exact) mass is 399 g/mol. The van der Waals surface area contributed by atoms with E-state index >= 15 is 0 Å². The predicted octanol–water partition coefficient (Wildman–Crippen LogP) is 2.50. The number of nitrogens with zero attached hydrogens (tertiary/aromatic N) is 1. The molecule has 0 unspecified atom stereocenters. The summed E-state index contributed by atoms with van der Waals surface area (Å²) in [6, 6.07) is 14.2. The summed E-state index contributed by atoms with van der Waals surface area (Å²) in [5.74, 6) is -0.997. The molecular formula is C22H26FN3O3. The van der Waals surface area contributed by atoms with E-state index in [0.29, 0.717) is 6.54 Å². The van der Waals surface area contributed by atoms with E-state index in [1.54, 1.807) is 4.90 Å². The number of urea groups is 1. The number of hydrogen-bond donors (Lipinski definition) is 3. The minimum absolute atomic E-state index is 0.110. The molecule has 29 heavy (non-hydrogen) atoms. The Balaban J connectivity index is 1.77. The summed E-state index contributed by atoms with van der Waals surface area (Å²) in [6.45, 7) is 2.52. The Kier molecular flexibility index (Phi) is 6.82. The fourth-order valence-electron chi connectivity index (χ4n) is 3.85. The molecule has 1 aliphatic heterocycles. The smallest absolute Gasteiger partial charge is 0.318 e. The van der Waals surface area contributed by atoms with E-state index in [1.165, 1.54) is 24.3 Å². The number of carbonyl (C=O) groups is 2. The van der Waals surface area contributed by atoms with Gasteiger partial charge < -0.3 is 20.6 Å². The van der Waals surface area contributed by atoms with Crippen molar-refractivity contribution in [3.8, 4) is 0 Å². The molecule has 1 saturated heterocycles. The lowest BCUT2D eigenvalue weighted by Gasteiger charge is -2.54. The maximum Gasteiger partial charge on any atom is 0.318 e.